The van der Waals surface area contributed by atoms with Crippen molar-refractivity contribution >= 4 is 62.7 Å². The molecule has 0 bridgehead atoms. The largest absolute Gasteiger partial charge is 0.504 e. The minimum absolute atomic E-state index is 0. The molecule has 0 atom stereocenters. The van der Waals surface area contributed by atoms with Crippen LogP contribution >= 0.6 is 7.53 Å². The number of anilines is 6. The molecule has 0 unspecified atom stereocenters. The molecular formula is C52H45N6O2PPd2-6. The molecule has 8 aromatic rings. The summed E-state index contributed by atoms with van der Waals surface area (Å²) in [6, 6.07) is 50.7. The number of para-hydroxylation sites is 4. The van der Waals surface area contributed by atoms with E-state index >= 15 is 0 Å². The van der Waals surface area contributed by atoms with Gasteiger partial charge in [-0.05, 0) is 72.5 Å². The maximum absolute atomic E-state index is 6.62. The van der Waals surface area contributed by atoms with E-state index < -0.39 is 7.53 Å². The molecule has 0 fully saturated rings. The molecule has 2 aliphatic rings. The van der Waals surface area contributed by atoms with Crippen LogP contribution in [0.2, 0.25) is 0 Å². The summed E-state index contributed by atoms with van der Waals surface area (Å²) >= 11 is 0. The number of aromatic nitrogens is 2. The van der Waals surface area contributed by atoms with Crippen LogP contribution in [0.15, 0.2) is 116 Å². The summed E-state index contributed by atoms with van der Waals surface area (Å²) in [4.78, 5) is 17.9. The summed E-state index contributed by atoms with van der Waals surface area (Å²) in [6.45, 7) is 17.3. The fraction of sp³-hybridized carbons (Fsp3) is 0.192. The number of ether oxygens (including phenoxy) is 2. The van der Waals surface area contributed by atoms with Gasteiger partial charge in [0, 0.05) is 88.1 Å². The van der Waals surface area contributed by atoms with Gasteiger partial charge in [0.2, 0.25) is 11.8 Å². The van der Waals surface area contributed by atoms with Crippen LogP contribution in [-0.4, -0.2) is 24.1 Å². The number of nitrogens with zero attached hydrogens (tertiary/aromatic N) is 6. The molecule has 63 heavy (non-hydrogen) atoms. The van der Waals surface area contributed by atoms with Crippen molar-refractivity contribution in [2.45, 2.75) is 52.4 Å². The standard InChI is InChI=1S/C52H45N6O2P.2Pd/c1-51(2,3)34-21-23-53-49(25-34)59-38-29-39(60-50-26-35(22-24-54-50)52(4,5)6)31-40(30-38)61-47-27-36(57-32-55(7)43-13-9-11-15-45(43)57)17-19-41(47)42-20-18-37(28-48(42)61)58-33-56(8)44-14-10-12-16-46(44)58;;/h9-26,29,32-33H,1-8H3;;/q-6;;. The predicted molar refractivity (Wildman–Crippen MR) is 249 cm³/mol. The van der Waals surface area contributed by atoms with Crippen LogP contribution in [0, 0.1) is 37.6 Å². The first-order valence-electron chi connectivity index (χ1n) is 20.4. The molecule has 0 saturated carbocycles. The average Bonchev–Trinajstić information content (AvgIpc) is 3.88. The SMILES string of the molecule is CN1[CH-]N(c2[c-]c3c(cc2)c2ccc(N4[CH-]N(C)c5ccccc54)[c-]c2p3-c2[c-]c(Oc3cc(C(C)(C)C)ccn3)cc(Oc3cc(C(C)(C)C)ccn3)[c-]2)c2ccccc21.[Pd].[Pd]. The van der Waals surface area contributed by atoms with Crippen molar-refractivity contribution in [3.63, 3.8) is 0 Å². The second-order valence-corrected chi connectivity index (χ2v) is 19.7. The summed E-state index contributed by atoms with van der Waals surface area (Å²) in [5.74, 6) is 1.88. The van der Waals surface area contributed by atoms with Crippen LogP contribution in [0.3, 0.4) is 0 Å². The summed E-state index contributed by atoms with van der Waals surface area (Å²) < 4.78 is 13.2. The number of pyridine rings is 2. The summed E-state index contributed by atoms with van der Waals surface area (Å²) in [6.07, 6.45) is 3.59. The second kappa shape index (κ2) is 17.1. The molecule has 0 N–H and O–H groups in total. The topological polar surface area (TPSA) is 57.2 Å². The van der Waals surface area contributed by atoms with E-state index in [9.17, 15) is 0 Å². The summed E-state index contributed by atoms with van der Waals surface area (Å²) in [7, 11) is 2.80. The van der Waals surface area contributed by atoms with Gasteiger partial charge < -0.3 is 41.2 Å². The van der Waals surface area contributed by atoms with Crippen LogP contribution in [0.5, 0.6) is 23.3 Å². The van der Waals surface area contributed by atoms with Crippen LogP contribution in [0.4, 0.5) is 34.1 Å². The molecule has 0 radical (unpaired) electrons. The third kappa shape index (κ3) is 8.37. The van der Waals surface area contributed by atoms with Gasteiger partial charge in [-0.15, -0.1) is 33.7 Å². The quantitative estimate of drug-likeness (QED) is 0.116. The van der Waals surface area contributed by atoms with E-state index in [4.69, 9.17) is 9.47 Å². The van der Waals surface area contributed by atoms with E-state index in [0.29, 0.717) is 23.3 Å². The van der Waals surface area contributed by atoms with Gasteiger partial charge in [-0.2, -0.15) is 55.9 Å². The zero-order valence-corrected chi connectivity index (χ0v) is 40.2. The number of hydrogen-bond acceptors (Lipinski definition) is 8. The Labute approximate surface area is 399 Å². The number of fused-ring (bicyclic) bond motifs is 5. The smallest absolute Gasteiger partial charge is 0.215 e. The van der Waals surface area contributed by atoms with Crippen molar-refractivity contribution in [1.82, 2.24) is 9.97 Å². The number of hydrogen-bond donors (Lipinski definition) is 0. The van der Waals surface area contributed by atoms with Gasteiger partial charge in [0.15, 0.2) is 0 Å². The molecule has 0 aliphatic carbocycles. The van der Waals surface area contributed by atoms with Crippen molar-refractivity contribution in [2.75, 3.05) is 33.7 Å². The van der Waals surface area contributed by atoms with E-state index in [-0.39, 0.29) is 51.7 Å². The fourth-order valence-electron chi connectivity index (χ4n) is 8.02. The molecule has 3 aromatic heterocycles. The molecule has 0 spiro atoms. The Morgan fingerprint density at radius 3 is 1.35 bits per heavy atom. The Morgan fingerprint density at radius 2 is 0.937 bits per heavy atom. The van der Waals surface area contributed by atoms with Gasteiger partial charge in [-0.25, -0.2) is 21.3 Å². The first kappa shape index (κ1) is 44.4. The first-order valence-corrected chi connectivity index (χ1v) is 21.8. The van der Waals surface area contributed by atoms with Crippen molar-refractivity contribution in [1.29, 1.82) is 0 Å². The van der Waals surface area contributed by atoms with Crippen LogP contribution in [-0.2, 0) is 51.7 Å². The monoisotopic (exact) mass is 1030 g/mol. The van der Waals surface area contributed by atoms with Gasteiger partial charge in [0.05, 0.1) is 0 Å². The summed E-state index contributed by atoms with van der Waals surface area (Å²) in [5, 5.41) is 5.09. The Balaban J connectivity index is 0.00000272. The Hall–Kier alpha value is -5.18. The molecule has 5 heterocycles. The van der Waals surface area contributed by atoms with Gasteiger partial charge in [-0.1, -0.05) is 77.3 Å². The average molecular weight is 1030 g/mol. The van der Waals surface area contributed by atoms with Gasteiger partial charge in [0.25, 0.3) is 0 Å². The molecule has 5 aromatic carbocycles. The molecule has 0 saturated heterocycles. The van der Waals surface area contributed by atoms with Crippen molar-refractivity contribution in [3.05, 3.63) is 164 Å². The maximum Gasteiger partial charge on any atom is 0.215 e. The Morgan fingerprint density at radius 1 is 0.524 bits per heavy atom. The predicted octanol–water partition coefficient (Wildman–Crippen LogP) is 13.5. The Bertz CT molecular complexity index is 2800. The van der Waals surface area contributed by atoms with Crippen molar-refractivity contribution < 1.29 is 50.3 Å². The fourth-order valence-corrected chi connectivity index (χ4v) is 10.5. The minimum atomic E-state index is -1.35. The molecule has 326 valence electrons. The van der Waals surface area contributed by atoms with Crippen LogP contribution in [0.25, 0.3) is 26.3 Å². The van der Waals surface area contributed by atoms with Crippen LogP contribution < -0.4 is 29.1 Å². The van der Waals surface area contributed by atoms with Crippen LogP contribution in [0.1, 0.15) is 52.7 Å². The summed E-state index contributed by atoms with van der Waals surface area (Å²) in [5.41, 5.74) is 8.39. The molecule has 8 nitrogen and oxygen atoms in total. The van der Waals surface area contributed by atoms with E-state index in [1.54, 1.807) is 12.4 Å². The zero-order valence-electron chi connectivity index (χ0n) is 36.2. The van der Waals surface area contributed by atoms with Crippen molar-refractivity contribution in [3.8, 4) is 28.6 Å². The maximum atomic E-state index is 6.62. The number of benzene rings is 5. The third-order valence-corrected chi connectivity index (χ3v) is 13.6. The normalized spacial score (nSPS) is 13.5. The second-order valence-electron chi connectivity index (χ2n) is 17.7. The van der Waals surface area contributed by atoms with E-state index in [2.05, 4.69) is 196 Å². The molecular weight excluding hydrogens is 984 g/mol. The molecule has 10 rings (SSSR count). The van der Waals surface area contributed by atoms with E-state index in [1.165, 1.54) is 0 Å². The van der Waals surface area contributed by atoms with Gasteiger partial charge in [0.1, 0.15) is 0 Å². The van der Waals surface area contributed by atoms with Crippen molar-refractivity contribution in [2.24, 2.45) is 0 Å². The Kier molecular flexibility index (Phi) is 12.0. The minimum Gasteiger partial charge on any atom is -0.504 e. The molecule has 2 aliphatic heterocycles. The van der Waals surface area contributed by atoms with E-state index in [1.807, 2.05) is 30.3 Å². The van der Waals surface area contributed by atoms with Gasteiger partial charge in [-0.3, -0.25) is 0 Å². The molecule has 11 heteroatoms. The number of rotatable bonds is 7. The first-order chi connectivity index (χ1) is 29.3. The molecule has 0 amide bonds. The van der Waals surface area contributed by atoms with Gasteiger partial charge >= 0.3 is 0 Å². The van der Waals surface area contributed by atoms with E-state index in [0.717, 1.165) is 71.6 Å². The zero-order chi connectivity index (χ0) is 42.2. The third-order valence-electron chi connectivity index (χ3n) is 11.3.